The normalized spacial score (nSPS) is 10.9. The Morgan fingerprint density at radius 3 is 2.44 bits per heavy atom. The number of guanidine groups is 1. The molecule has 0 aliphatic rings. The molecule has 144 valence electrons. The summed E-state index contributed by atoms with van der Waals surface area (Å²) < 4.78 is 5.17. The van der Waals surface area contributed by atoms with E-state index in [1.807, 2.05) is 6.07 Å². The fourth-order valence-electron chi connectivity index (χ4n) is 2.33. The molecular weight excluding hydrogens is 431 g/mol. The number of hydrogen-bond acceptors (Lipinski definition) is 3. The largest absolute Gasteiger partial charge is 0.467 e. The maximum atomic E-state index is 11.8. The van der Waals surface area contributed by atoms with Crippen LogP contribution in [0.2, 0.25) is 0 Å². The predicted molar refractivity (Wildman–Crippen MR) is 113 cm³/mol. The van der Waals surface area contributed by atoms with Crippen LogP contribution in [0.5, 0.6) is 0 Å². The van der Waals surface area contributed by atoms with Crippen LogP contribution in [0.1, 0.15) is 57.6 Å². The molecule has 0 aromatic carbocycles. The van der Waals surface area contributed by atoms with Crippen molar-refractivity contribution in [2.75, 3.05) is 20.1 Å². The summed E-state index contributed by atoms with van der Waals surface area (Å²) in [4.78, 5) is 15.9. The number of halogens is 1. The van der Waals surface area contributed by atoms with Crippen molar-refractivity contribution in [1.82, 2.24) is 16.0 Å². The van der Waals surface area contributed by atoms with Crippen LogP contribution in [-0.2, 0) is 11.3 Å². The number of unbranched alkanes of at least 4 members (excludes halogenated alkanes) is 6. The molecule has 0 saturated heterocycles. The van der Waals surface area contributed by atoms with Crippen molar-refractivity contribution in [2.45, 2.75) is 58.4 Å². The highest BCUT2D eigenvalue weighted by Gasteiger charge is 2.04. The van der Waals surface area contributed by atoms with E-state index < -0.39 is 0 Å². The lowest BCUT2D eigenvalue weighted by molar-refractivity contribution is -0.120. The van der Waals surface area contributed by atoms with Gasteiger partial charge in [0.1, 0.15) is 5.76 Å². The summed E-state index contributed by atoms with van der Waals surface area (Å²) in [6, 6.07) is 3.63. The lowest BCUT2D eigenvalue weighted by Gasteiger charge is -2.11. The first-order chi connectivity index (χ1) is 11.8. The Hall–Kier alpha value is -1.25. The molecule has 0 radical (unpaired) electrons. The zero-order valence-corrected chi connectivity index (χ0v) is 17.8. The van der Waals surface area contributed by atoms with E-state index in [1.165, 1.54) is 38.5 Å². The van der Waals surface area contributed by atoms with Gasteiger partial charge in [0.2, 0.25) is 5.91 Å². The third kappa shape index (κ3) is 12.7. The van der Waals surface area contributed by atoms with Gasteiger partial charge in [-0.3, -0.25) is 9.79 Å². The van der Waals surface area contributed by atoms with Crippen LogP contribution >= 0.6 is 24.0 Å². The average Bonchev–Trinajstić information content (AvgIpc) is 3.11. The molecule has 6 nitrogen and oxygen atoms in total. The minimum absolute atomic E-state index is 0. The molecule has 0 atom stereocenters. The van der Waals surface area contributed by atoms with Crippen LogP contribution in [0.15, 0.2) is 27.8 Å². The number of rotatable bonds is 12. The summed E-state index contributed by atoms with van der Waals surface area (Å²) in [5.74, 6) is 1.31. The number of carbonyl (C=O) groups is 1. The van der Waals surface area contributed by atoms with Gasteiger partial charge in [-0.1, -0.05) is 45.4 Å². The molecule has 0 fully saturated rings. The van der Waals surface area contributed by atoms with Crippen LogP contribution in [-0.4, -0.2) is 32.0 Å². The second-order valence-electron chi connectivity index (χ2n) is 5.83. The first-order valence-corrected chi connectivity index (χ1v) is 8.99. The van der Waals surface area contributed by atoms with E-state index >= 15 is 0 Å². The fourth-order valence-corrected chi connectivity index (χ4v) is 2.33. The fraction of sp³-hybridized carbons (Fsp3) is 0.667. The van der Waals surface area contributed by atoms with Crippen LogP contribution in [0.4, 0.5) is 0 Å². The van der Waals surface area contributed by atoms with Gasteiger partial charge in [-0.05, 0) is 18.6 Å². The smallest absolute Gasteiger partial charge is 0.239 e. The lowest BCUT2D eigenvalue weighted by atomic mass is 10.1. The summed E-state index contributed by atoms with van der Waals surface area (Å²) in [5, 5.41) is 9.04. The number of carbonyl (C=O) groups excluding carboxylic acids is 1. The molecule has 0 aliphatic carbocycles. The number of furan rings is 1. The zero-order chi connectivity index (χ0) is 17.5. The number of hydrogen-bond donors (Lipinski definition) is 3. The standard InChI is InChI=1S/C18H32N4O2.HI/c1-3-4-5-6-7-8-9-12-20-18(19-2)22-15-17(23)21-14-16-11-10-13-24-16;/h10-11,13H,3-9,12,14-15H2,1-2H3,(H,21,23)(H2,19,20,22);1H. The van der Waals surface area contributed by atoms with Crippen molar-refractivity contribution in [3.63, 3.8) is 0 Å². The summed E-state index contributed by atoms with van der Waals surface area (Å²) in [7, 11) is 1.71. The van der Waals surface area contributed by atoms with Crippen molar-refractivity contribution in [1.29, 1.82) is 0 Å². The summed E-state index contributed by atoms with van der Waals surface area (Å²) in [5.41, 5.74) is 0. The number of amides is 1. The molecule has 25 heavy (non-hydrogen) atoms. The molecule has 0 saturated carbocycles. The Kier molecular flexibility index (Phi) is 15.4. The second-order valence-corrected chi connectivity index (χ2v) is 5.83. The van der Waals surface area contributed by atoms with Crippen molar-refractivity contribution < 1.29 is 9.21 Å². The van der Waals surface area contributed by atoms with Gasteiger partial charge in [-0.25, -0.2) is 0 Å². The van der Waals surface area contributed by atoms with Gasteiger partial charge in [-0.15, -0.1) is 24.0 Å². The van der Waals surface area contributed by atoms with Gasteiger partial charge in [0.25, 0.3) is 0 Å². The van der Waals surface area contributed by atoms with E-state index in [2.05, 4.69) is 27.9 Å². The summed E-state index contributed by atoms with van der Waals surface area (Å²) in [6.07, 6.45) is 10.6. The van der Waals surface area contributed by atoms with E-state index in [1.54, 1.807) is 19.4 Å². The average molecular weight is 464 g/mol. The Morgan fingerprint density at radius 1 is 1.08 bits per heavy atom. The first kappa shape index (κ1) is 23.8. The van der Waals surface area contributed by atoms with E-state index in [9.17, 15) is 4.79 Å². The summed E-state index contributed by atoms with van der Waals surface area (Å²) in [6.45, 7) is 3.70. The van der Waals surface area contributed by atoms with Crippen LogP contribution in [0.25, 0.3) is 0 Å². The molecule has 1 amide bonds. The molecule has 0 unspecified atom stereocenters. The van der Waals surface area contributed by atoms with Gasteiger partial charge < -0.3 is 20.4 Å². The molecule has 1 heterocycles. The Labute approximate surface area is 168 Å². The number of nitrogens with one attached hydrogen (secondary N) is 3. The molecule has 0 bridgehead atoms. The van der Waals surface area contributed by atoms with Gasteiger partial charge in [0.15, 0.2) is 5.96 Å². The van der Waals surface area contributed by atoms with Crippen LogP contribution in [0, 0.1) is 0 Å². The second kappa shape index (κ2) is 16.2. The van der Waals surface area contributed by atoms with E-state index in [4.69, 9.17) is 4.42 Å². The Balaban J connectivity index is 0.00000576. The maximum absolute atomic E-state index is 11.8. The highest BCUT2D eigenvalue weighted by atomic mass is 127. The maximum Gasteiger partial charge on any atom is 0.239 e. The van der Waals surface area contributed by atoms with Crippen molar-refractivity contribution in [2.24, 2.45) is 4.99 Å². The third-order valence-corrected chi connectivity index (χ3v) is 3.75. The number of aliphatic imine (C=N–C) groups is 1. The minimum atomic E-state index is -0.0923. The van der Waals surface area contributed by atoms with Gasteiger partial charge in [0.05, 0.1) is 19.4 Å². The summed E-state index contributed by atoms with van der Waals surface area (Å²) >= 11 is 0. The SMILES string of the molecule is CCCCCCCCCNC(=NC)NCC(=O)NCc1ccco1.I. The number of nitrogens with zero attached hydrogens (tertiary/aromatic N) is 1. The molecule has 1 aromatic heterocycles. The first-order valence-electron chi connectivity index (χ1n) is 8.99. The predicted octanol–water partition coefficient (Wildman–Crippen LogP) is 3.43. The van der Waals surface area contributed by atoms with E-state index in [-0.39, 0.29) is 36.4 Å². The van der Waals surface area contributed by atoms with Crippen molar-refractivity contribution in [3.05, 3.63) is 24.2 Å². The minimum Gasteiger partial charge on any atom is -0.467 e. The third-order valence-electron chi connectivity index (χ3n) is 3.75. The Bertz CT molecular complexity index is 464. The highest BCUT2D eigenvalue weighted by Crippen LogP contribution is 2.06. The lowest BCUT2D eigenvalue weighted by Crippen LogP contribution is -2.43. The quantitative estimate of drug-likeness (QED) is 0.192. The molecular formula is C18H33IN4O2. The topological polar surface area (TPSA) is 78.7 Å². The zero-order valence-electron chi connectivity index (χ0n) is 15.5. The van der Waals surface area contributed by atoms with E-state index in [0.29, 0.717) is 12.5 Å². The van der Waals surface area contributed by atoms with Gasteiger partial charge in [0, 0.05) is 13.6 Å². The molecule has 1 rings (SSSR count). The van der Waals surface area contributed by atoms with Crippen LogP contribution < -0.4 is 16.0 Å². The van der Waals surface area contributed by atoms with Crippen molar-refractivity contribution in [3.8, 4) is 0 Å². The van der Waals surface area contributed by atoms with Gasteiger partial charge >= 0.3 is 0 Å². The highest BCUT2D eigenvalue weighted by molar-refractivity contribution is 14.0. The molecule has 0 aliphatic heterocycles. The monoisotopic (exact) mass is 464 g/mol. The van der Waals surface area contributed by atoms with Crippen LogP contribution in [0.3, 0.4) is 0 Å². The van der Waals surface area contributed by atoms with E-state index in [0.717, 1.165) is 18.7 Å². The molecule has 3 N–H and O–H groups in total. The molecule has 7 heteroatoms. The molecule has 1 aromatic rings. The Morgan fingerprint density at radius 2 is 1.80 bits per heavy atom. The van der Waals surface area contributed by atoms with Gasteiger partial charge in [-0.2, -0.15) is 0 Å². The molecule has 0 spiro atoms. The van der Waals surface area contributed by atoms with Crippen molar-refractivity contribution >= 4 is 35.8 Å².